The largest absolute Gasteiger partial charge is 0.387 e. The highest BCUT2D eigenvalue weighted by Gasteiger charge is 2.08. The van der Waals surface area contributed by atoms with Crippen molar-refractivity contribution >= 4 is 34.2 Å². The van der Waals surface area contributed by atoms with Crippen LogP contribution in [-0.2, 0) is 4.79 Å². The third-order valence-corrected chi connectivity index (χ3v) is 4.12. The molecule has 3 rings (SSSR count). The fraction of sp³-hybridized carbons (Fsp3) is 0.111. The van der Waals surface area contributed by atoms with Crippen LogP contribution in [-0.4, -0.2) is 22.5 Å². The average molecular weight is 324 g/mol. The Morgan fingerprint density at radius 2 is 2.13 bits per heavy atom. The molecule has 0 aliphatic heterocycles. The summed E-state index contributed by atoms with van der Waals surface area (Å²) in [4.78, 5) is 16.3. The molecule has 1 atom stereocenters. The lowest BCUT2D eigenvalue weighted by atomic mass is 10.2. The number of hydrogen-bond donors (Lipinski definition) is 2. The molecule has 1 amide bonds. The molecule has 2 heterocycles. The van der Waals surface area contributed by atoms with Crippen LogP contribution in [0.4, 0.5) is 0 Å². The van der Waals surface area contributed by atoms with E-state index < -0.39 is 6.10 Å². The summed E-state index contributed by atoms with van der Waals surface area (Å²) in [7, 11) is 0. The third kappa shape index (κ3) is 4.03. The maximum atomic E-state index is 11.8. The summed E-state index contributed by atoms with van der Waals surface area (Å²) < 4.78 is 0. The van der Waals surface area contributed by atoms with Crippen molar-refractivity contribution in [2.45, 2.75) is 6.10 Å². The molecule has 0 spiro atoms. The monoisotopic (exact) mass is 324 g/mol. The molecule has 0 saturated carbocycles. The first-order valence-electron chi connectivity index (χ1n) is 7.24. The number of para-hydroxylation sites is 1. The van der Waals surface area contributed by atoms with Crippen LogP contribution in [0.3, 0.4) is 0 Å². The van der Waals surface area contributed by atoms with E-state index in [2.05, 4.69) is 10.3 Å². The number of carbonyl (C=O) groups is 1. The van der Waals surface area contributed by atoms with Crippen LogP contribution >= 0.6 is 11.3 Å². The molecule has 3 aromatic rings. The predicted molar refractivity (Wildman–Crippen MR) is 93.1 cm³/mol. The van der Waals surface area contributed by atoms with Gasteiger partial charge in [0.15, 0.2) is 0 Å². The molecule has 1 aromatic carbocycles. The van der Waals surface area contributed by atoms with Gasteiger partial charge in [0, 0.05) is 18.0 Å². The summed E-state index contributed by atoms with van der Waals surface area (Å²) in [5.74, 6) is -0.255. The molecule has 4 nitrogen and oxygen atoms in total. The van der Waals surface area contributed by atoms with Crippen LogP contribution in [0.2, 0.25) is 0 Å². The molecule has 0 aliphatic carbocycles. The van der Waals surface area contributed by atoms with Gasteiger partial charge in [-0.15, -0.1) is 0 Å². The van der Waals surface area contributed by atoms with Gasteiger partial charge in [-0.3, -0.25) is 4.79 Å². The van der Waals surface area contributed by atoms with Crippen molar-refractivity contribution < 1.29 is 9.90 Å². The van der Waals surface area contributed by atoms with E-state index in [1.807, 2.05) is 53.2 Å². The summed E-state index contributed by atoms with van der Waals surface area (Å²) in [5, 5.41) is 17.4. The number of pyridine rings is 1. The summed E-state index contributed by atoms with van der Waals surface area (Å²) in [6, 6.07) is 13.5. The minimum Gasteiger partial charge on any atom is -0.387 e. The van der Waals surface area contributed by atoms with Crippen molar-refractivity contribution in [2.24, 2.45) is 0 Å². The lowest BCUT2D eigenvalue weighted by molar-refractivity contribution is -0.116. The highest BCUT2D eigenvalue weighted by Crippen LogP contribution is 2.15. The first-order valence-corrected chi connectivity index (χ1v) is 8.18. The highest BCUT2D eigenvalue weighted by atomic mass is 32.1. The standard InChI is InChI=1S/C18H16N2O2S/c21-17(14-9-10-23-12-14)11-19-18(22)8-7-15-6-5-13-3-1-2-4-16(13)20-15/h1-10,12,17,21H,11H2,(H,19,22)/b8-7+. The molecule has 0 fully saturated rings. The fourth-order valence-electron chi connectivity index (χ4n) is 2.17. The zero-order valence-electron chi connectivity index (χ0n) is 12.3. The van der Waals surface area contributed by atoms with E-state index in [1.165, 1.54) is 17.4 Å². The zero-order valence-corrected chi connectivity index (χ0v) is 13.2. The van der Waals surface area contributed by atoms with Crippen molar-refractivity contribution in [2.75, 3.05) is 6.54 Å². The highest BCUT2D eigenvalue weighted by molar-refractivity contribution is 7.07. The van der Waals surface area contributed by atoms with E-state index in [1.54, 1.807) is 6.08 Å². The number of aromatic nitrogens is 1. The van der Waals surface area contributed by atoms with Gasteiger partial charge in [0.05, 0.1) is 17.3 Å². The van der Waals surface area contributed by atoms with E-state index in [9.17, 15) is 9.90 Å². The van der Waals surface area contributed by atoms with Crippen LogP contribution < -0.4 is 5.32 Å². The first-order chi connectivity index (χ1) is 11.2. The number of benzene rings is 1. The molecule has 0 bridgehead atoms. The van der Waals surface area contributed by atoms with Crippen LogP contribution in [0.5, 0.6) is 0 Å². The number of aliphatic hydroxyl groups excluding tert-OH is 1. The molecular formula is C18H16N2O2S. The minimum atomic E-state index is -0.683. The maximum Gasteiger partial charge on any atom is 0.244 e. The van der Waals surface area contributed by atoms with Gasteiger partial charge in [-0.25, -0.2) is 4.98 Å². The second-order valence-corrected chi connectivity index (χ2v) is 5.86. The number of fused-ring (bicyclic) bond motifs is 1. The van der Waals surface area contributed by atoms with Gasteiger partial charge in [0.2, 0.25) is 5.91 Å². The van der Waals surface area contributed by atoms with E-state index in [-0.39, 0.29) is 12.5 Å². The van der Waals surface area contributed by atoms with Crippen LogP contribution in [0.15, 0.2) is 59.3 Å². The van der Waals surface area contributed by atoms with E-state index >= 15 is 0 Å². The van der Waals surface area contributed by atoms with Crippen LogP contribution in [0.25, 0.3) is 17.0 Å². The van der Waals surface area contributed by atoms with Gasteiger partial charge in [-0.05, 0) is 40.6 Å². The van der Waals surface area contributed by atoms with Gasteiger partial charge >= 0.3 is 0 Å². The number of amides is 1. The van der Waals surface area contributed by atoms with Crippen molar-refractivity contribution in [3.8, 4) is 0 Å². The van der Waals surface area contributed by atoms with Crippen molar-refractivity contribution in [3.63, 3.8) is 0 Å². The molecule has 5 heteroatoms. The van der Waals surface area contributed by atoms with E-state index in [4.69, 9.17) is 0 Å². The second kappa shape index (κ2) is 7.17. The number of hydrogen-bond acceptors (Lipinski definition) is 4. The summed E-state index contributed by atoms with van der Waals surface area (Å²) in [5.41, 5.74) is 2.43. The Hall–Kier alpha value is -2.50. The van der Waals surface area contributed by atoms with E-state index in [0.29, 0.717) is 0 Å². The maximum absolute atomic E-state index is 11.8. The fourth-order valence-corrected chi connectivity index (χ4v) is 2.88. The van der Waals surface area contributed by atoms with Crippen molar-refractivity contribution in [3.05, 3.63) is 70.6 Å². The van der Waals surface area contributed by atoms with Crippen LogP contribution in [0.1, 0.15) is 17.4 Å². The van der Waals surface area contributed by atoms with Gasteiger partial charge in [0.25, 0.3) is 0 Å². The molecule has 23 heavy (non-hydrogen) atoms. The Morgan fingerprint density at radius 3 is 2.96 bits per heavy atom. The van der Waals surface area contributed by atoms with Gasteiger partial charge < -0.3 is 10.4 Å². The van der Waals surface area contributed by atoms with Crippen LogP contribution in [0, 0.1) is 0 Å². The molecule has 1 unspecified atom stereocenters. The topological polar surface area (TPSA) is 62.2 Å². The summed E-state index contributed by atoms with van der Waals surface area (Å²) in [6.45, 7) is 0.186. The molecular weight excluding hydrogens is 308 g/mol. The number of rotatable bonds is 5. The Labute approximate surface area is 138 Å². The van der Waals surface area contributed by atoms with Gasteiger partial charge in [-0.1, -0.05) is 24.3 Å². The Bertz CT molecular complexity index is 828. The second-order valence-electron chi connectivity index (χ2n) is 5.08. The minimum absolute atomic E-state index is 0.186. The lowest BCUT2D eigenvalue weighted by Gasteiger charge is -2.08. The predicted octanol–water partition coefficient (Wildman–Crippen LogP) is 3.16. The smallest absolute Gasteiger partial charge is 0.244 e. The third-order valence-electron chi connectivity index (χ3n) is 3.42. The molecule has 2 N–H and O–H groups in total. The molecule has 0 saturated heterocycles. The Kier molecular flexibility index (Phi) is 4.80. The normalized spacial score (nSPS) is 12.6. The van der Waals surface area contributed by atoms with Gasteiger partial charge in [0.1, 0.15) is 0 Å². The number of nitrogens with one attached hydrogen (secondary N) is 1. The van der Waals surface area contributed by atoms with Crippen molar-refractivity contribution in [1.29, 1.82) is 0 Å². The number of aliphatic hydroxyl groups is 1. The SMILES string of the molecule is O=C(/C=C/c1ccc2ccccc2n1)NCC(O)c1ccsc1. The number of nitrogens with zero attached hydrogens (tertiary/aromatic N) is 1. The Morgan fingerprint density at radius 1 is 1.26 bits per heavy atom. The quantitative estimate of drug-likeness (QED) is 0.709. The Balaban J connectivity index is 1.59. The van der Waals surface area contributed by atoms with E-state index in [0.717, 1.165) is 22.2 Å². The summed E-state index contributed by atoms with van der Waals surface area (Å²) >= 11 is 1.52. The molecule has 0 aliphatic rings. The molecule has 116 valence electrons. The first kappa shape index (κ1) is 15.4. The molecule has 2 aromatic heterocycles. The average Bonchev–Trinajstić information content (AvgIpc) is 3.12. The number of thiophene rings is 1. The summed E-state index contributed by atoms with van der Waals surface area (Å²) in [6.07, 6.45) is 2.41. The number of carbonyl (C=O) groups excluding carboxylic acids is 1. The van der Waals surface area contributed by atoms with Gasteiger partial charge in [-0.2, -0.15) is 11.3 Å². The zero-order chi connectivity index (χ0) is 16.1. The molecule has 0 radical (unpaired) electrons. The lowest BCUT2D eigenvalue weighted by Crippen LogP contribution is -2.26. The van der Waals surface area contributed by atoms with Crippen molar-refractivity contribution in [1.82, 2.24) is 10.3 Å².